The number of guanidine groups is 1. The Hall–Kier alpha value is -1.72. The molecule has 0 fully saturated rings. The molecule has 22 heavy (non-hydrogen) atoms. The quantitative estimate of drug-likeness (QED) is 0.658. The van der Waals surface area contributed by atoms with Crippen molar-refractivity contribution in [3.8, 4) is 0 Å². The maximum Gasteiger partial charge on any atom is 0.390 e. The van der Waals surface area contributed by atoms with Crippen LogP contribution in [0.5, 0.6) is 0 Å². The van der Waals surface area contributed by atoms with Crippen LogP contribution >= 0.6 is 0 Å². The highest BCUT2D eigenvalue weighted by Gasteiger charge is 2.26. The van der Waals surface area contributed by atoms with Gasteiger partial charge in [0.2, 0.25) is 0 Å². The maximum absolute atomic E-state index is 12.1. The molecule has 1 aromatic rings. The fourth-order valence-electron chi connectivity index (χ4n) is 1.85. The van der Waals surface area contributed by atoms with Gasteiger partial charge in [0.1, 0.15) is 0 Å². The molecule has 0 unspecified atom stereocenters. The van der Waals surface area contributed by atoms with Gasteiger partial charge < -0.3 is 10.6 Å². The second-order valence-corrected chi connectivity index (χ2v) is 6.16. The monoisotopic (exact) mass is 315 g/mol. The number of halogens is 3. The average molecular weight is 315 g/mol. The van der Waals surface area contributed by atoms with E-state index in [9.17, 15) is 13.2 Å². The van der Waals surface area contributed by atoms with Gasteiger partial charge in [-0.25, -0.2) is 0 Å². The maximum atomic E-state index is 12.1. The van der Waals surface area contributed by atoms with Crippen LogP contribution in [0.3, 0.4) is 0 Å². The van der Waals surface area contributed by atoms with Gasteiger partial charge in [0.05, 0.1) is 6.42 Å². The predicted octanol–water partition coefficient (Wildman–Crippen LogP) is 3.60. The molecule has 1 rings (SSSR count). The van der Waals surface area contributed by atoms with Crippen molar-refractivity contribution in [3.05, 3.63) is 35.4 Å². The summed E-state index contributed by atoms with van der Waals surface area (Å²) in [6, 6.07) is 8.15. The van der Waals surface area contributed by atoms with Crippen LogP contribution in [0.1, 0.15) is 38.3 Å². The number of nitrogens with one attached hydrogen (secondary N) is 2. The van der Waals surface area contributed by atoms with Crippen molar-refractivity contribution < 1.29 is 13.2 Å². The molecule has 0 bridgehead atoms. The van der Waals surface area contributed by atoms with Crippen LogP contribution in [0, 0.1) is 0 Å². The molecule has 0 radical (unpaired) electrons. The summed E-state index contributed by atoms with van der Waals surface area (Å²) in [5.41, 5.74) is 2.39. The molecule has 0 amide bonds. The Morgan fingerprint density at radius 3 is 2.09 bits per heavy atom. The highest BCUT2D eigenvalue weighted by atomic mass is 19.4. The summed E-state index contributed by atoms with van der Waals surface area (Å²) in [6.45, 7) is 6.76. The molecule has 0 saturated heterocycles. The number of nitrogens with zero attached hydrogens (tertiary/aromatic N) is 1. The molecule has 2 N–H and O–H groups in total. The molecule has 3 nitrogen and oxygen atoms in total. The molecule has 0 aromatic heterocycles. The Morgan fingerprint density at radius 1 is 1.05 bits per heavy atom. The smallest absolute Gasteiger partial charge is 0.356 e. The Kier molecular flexibility index (Phi) is 6.26. The zero-order valence-corrected chi connectivity index (χ0v) is 13.5. The van der Waals surface area contributed by atoms with Crippen molar-refractivity contribution in [3.63, 3.8) is 0 Å². The van der Waals surface area contributed by atoms with Gasteiger partial charge in [-0.05, 0) is 16.5 Å². The minimum Gasteiger partial charge on any atom is -0.356 e. The Bertz CT molecular complexity index is 485. The number of benzene rings is 1. The molecule has 6 heteroatoms. The van der Waals surface area contributed by atoms with E-state index >= 15 is 0 Å². The molecule has 0 atom stereocenters. The lowest BCUT2D eigenvalue weighted by Gasteiger charge is -2.19. The third-order valence-corrected chi connectivity index (χ3v) is 3.20. The van der Waals surface area contributed by atoms with E-state index in [1.54, 1.807) is 0 Å². The molecule has 124 valence electrons. The molecule has 0 spiro atoms. The number of hydrogen-bond acceptors (Lipinski definition) is 1. The number of hydrogen-bond donors (Lipinski definition) is 2. The Labute approximate surface area is 130 Å². The first-order valence-corrected chi connectivity index (χ1v) is 7.22. The predicted molar refractivity (Wildman–Crippen MR) is 84.0 cm³/mol. The molecule has 0 heterocycles. The van der Waals surface area contributed by atoms with Crippen LogP contribution in [0.25, 0.3) is 0 Å². The van der Waals surface area contributed by atoms with Crippen LogP contribution < -0.4 is 10.6 Å². The van der Waals surface area contributed by atoms with Crippen LogP contribution in [-0.2, 0) is 12.0 Å². The van der Waals surface area contributed by atoms with E-state index in [-0.39, 0.29) is 12.0 Å². The molecular weight excluding hydrogens is 291 g/mol. The van der Waals surface area contributed by atoms with E-state index in [1.165, 1.54) is 12.6 Å². The zero-order valence-electron chi connectivity index (χ0n) is 13.5. The zero-order chi connectivity index (χ0) is 16.8. The molecule has 0 aliphatic carbocycles. The highest BCUT2D eigenvalue weighted by molar-refractivity contribution is 5.79. The molecule has 1 aromatic carbocycles. The molecule has 0 aliphatic rings. The summed E-state index contributed by atoms with van der Waals surface area (Å²) < 4.78 is 36.3. The second kappa shape index (κ2) is 7.51. The summed E-state index contributed by atoms with van der Waals surface area (Å²) >= 11 is 0. The summed E-state index contributed by atoms with van der Waals surface area (Å²) in [6.07, 6.45) is -5.04. The molecular formula is C16H24F3N3. The lowest BCUT2D eigenvalue weighted by Crippen LogP contribution is -2.38. The van der Waals surface area contributed by atoms with Gasteiger partial charge in [0.15, 0.2) is 5.96 Å². The number of alkyl halides is 3. The van der Waals surface area contributed by atoms with E-state index in [1.807, 2.05) is 12.1 Å². The first-order chi connectivity index (χ1) is 10.1. The fraction of sp³-hybridized carbons (Fsp3) is 0.562. The first-order valence-electron chi connectivity index (χ1n) is 7.22. The summed E-state index contributed by atoms with van der Waals surface area (Å²) in [5, 5.41) is 5.65. The third kappa shape index (κ3) is 6.83. The lowest BCUT2D eigenvalue weighted by molar-refractivity contribution is -0.132. The standard InChI is InChI=1S/C16H24F3N3/c1-15(2,3)13-7-5-12(6-8-13)11-22-14(20-4)21-10-9-16(17,18)19/h5-8H,9-11H2,1-4H3,(H2,20,21,22). The third-order valence-electron chi connectivity index (χ3n) is 3.20. The van der Waals surface area contributed by atoms with Crippen LogP contribution in [0.2, 0.25) is 0 Å². The Balaban J connectivity index is 2.47. The summed E-state index contributed by atoms with van der Waals surface area (Å²) in [7, 11) is 1.53. The van der Waals surface area contributed by atoms with Gasteiger partial charge in [0.25, 0.3) is 0 Å². The normalized spacial score (nSPS) is 13.1. The van der Waals surface area contributed by atoms with Crippen LogP contribution in [0.15, 0.2) is 29.3 Å². The second-order valence-electron chi connectivity index (χ2n) is 6.16. The first kappa shape index (κ1) is 18.3. The van der Waals surface area contributed by atoms with Gasteiger partial charge in [-0.3, -0.25) is 4.99 Å². The van der Waals surface area contributed by atoms with Crippen molar-refractivity contribution in [1.29, 1.82) is 0 Å². The van der Waals surface area contributed by atoms with Crippen LogP contribution in [-0.4, -0.2) is 25.7 Å². The summed E-state index contributed by atoms with van der Waals surface area (Å²) in [5.74, 6) is 0.365. The van der Waals surface area contributed by atoms with E-state index in [4.69, 9.17) is 0 Å². The topological polar surface area (TPSA) is 36.4 Å². The van der Waals surface area contributed by atoms with Crippen molar-refractivity contribution in [2.75, 3.05) is 13.6 Å². The van der Waals surface area contributed by atoms with Gasteiger partial charge in [0, 0.05) is 20.1 Å². The largest absolute Gasteiger partial charge is 0.390 e. The molecule has 0 aliphatic heterocycles. The van der Waals surface area contributed by atoms with Gasteiger partial charge >= 0.3 is 6.18 Å². The minimum absolute atomic E-state index is 0.0984. The SMILES string of the molecule is CN=C(NCCC(F)(F)F)NCc1ccc(C(C)(C)C)cc1. The van der Waals surface area contributed by atoms with E-state index < -0.39 is 12.6 Å². The fourth-order valence-corrected chi connectivity index (χ4v) is 1.85. The number of aliphatic imine (C=N–C) groups is 1. The van der Waals surface area contributed by atoms with Crippen molar-refractivity contribution in [2.45, 2.75) is 45.3 Å². The van der Waals surface area contributed by atoms with Crippen molar-refractivity contribution in [1.82, 2.24) is 10.6 Å². The Morgan fingerprint density at radius 2 is 1.64 bits per heavy atom. The van der Waals surface area contributed by atoms with E-state index in [0.717, 1.165) is 5.56 Å². The van der Waals surface area contributed by atoms with Gasteiger partial charge in [-0.2, -0.15) is 13.2 Å². The number of rotatable bonds is 4. The lowest BCUT2D eigenvalue weighted by atomic mass is 9.87. The summed E-state index contributed by atoms with van der Waals surface area (Å²) in [4.78, 5) is 3.91. The van der Waals surface area contributed by atoms with Crippen LogP contribution in [0.4, 0.5) is 13.2 Å². The van der Waals surface area contributed by atoms with Crippen molar-refractivity contribution in [2.24, 2.45) is 4.99 Å². The minimum atomic E-state index is -4.16. The molecule has 0 saturated carbocycles. The van der Waals surface area contributed by atoms with Gasteiger partial charge in [-0.15, -0.1) is 0 Å². The van der Waals surface area contributed by atoms with E-state index in [2.05, 4.69) is 48.5 Å². The average Bonchev–Trinajstić information content (AvgIpc) is 2.41. The van der Waals surface area contributed by atoms with Crippen molar-refractivity contribution >= 4 is 5.96 Å². The highest BCUT2D eigenvalue weighted by Crippen LogP contribution is 2.22. The van der Waals surface area contributed by atoms with Gasteiger partial charge in [-0.1, -0.05) is 45.0 Å². The van der Waals surface area contributed by atoms with E-state index in [0.29, 0.717) is 12.5 Å².